The highest BCUT2D eigenvalue weighted by molar-refractivity contribution is 9.10. The van der Waals surface area contributed by atoms with Crippen LogP contribution >= 0.6 is 39.1 Å². The van der Waals surface area contributed by atoms with Gasteiger partial charge in [-0.3, -0.25) is 13.9 Å². The third kappa shape index (κ3) is 7.97. The lowest BCUT2D eigenvalue weighted by atomic mass is 10.1. The lowest BCUT2D eigenvalue weighted by molar-refractivity contribution is -0.140. The van der Waals surface area contributed by atoms with Crippen LogP contribution in [0.2, 0.25) is 10.0 Å². The second-order valence-corrected chi connectivity index (χ2v) is 12.4. The minimum Gasteiger partial charge on any atom is -0.354 e. The molecule has 1 atom stereocenters. The van der Waals surface area contributed by atoms with Crippen molar-refractivity contribution >= 4 is 66.7 Å². The number of hydrogen-bond donors (Lipinski definition) is 1. The van der Waals surface area contributed by atoms with Gasteiger partial charge in [0.1, 0.15) is 12.6 Å². The number of carbonyl (C=O) groups excluding carboxylic acids is 2. The minimum absolute atomic E-state index is 0.0351. The van der Waals surface area contributed by atoms with E-state index in [1.807, 2.05) is 6.92 Å². The topological polar surface area (TPSA) is 86.8 Å². The molecule has 1 N–H and O–H groups in total. The molecule has 0 heterocycles. The number of nitrogens with one attached hydrogen (secondary N) is 1. The van der Waals surface area contributed by atoms with Gasteiger partial charge in [0.2, 0.25) is 11.8 Å². The van der Waals surface area contributed by atoms with Gasteiger partial charge in [-0.15, -0.1) is 0 Å². The van der Waals surface area contributed by atoms with Crippen molar-refractivity contribution in [3.8, 4) is 0 Å². The average Bonchev–Trinajstić information content (AvgIpc) is 2.93. The third-order valence-corrected chi connectivity index (χ3v) is 9.05. The Bertz CT molecular complexity index is 1390. The van der Waals surface area contributed by atoms with Gasteiger partial charge in [-0.05, 0) is 66.9 Å². The summed E-state index contributed by atoms with van der Waals surface area (Å²) in [5.74, 6) is -0.851. The number of amides is 2. The molecule has 0 fully saturated rings. The first-order valence-corrected chi connectivity index (χ1v) is 15.4. The van der Waals surface area contributed by atoms with Crippen LogP contribution in [0.15, 0.2) is 82.2 Å². The van der Waals surface area contributed by atoms with Crippen LogP contribution in [0, 0.1) is 0 Å². The Balaban J connectivity index is 2.04. The molecule has 0 aliphatic rings. The van der Waals surface area contributed by atoms with E-state index in [1.54, 1.807) is 67.6 Å². The second-order valence-electron chi connectivity index (χ2n) is 8.79. The molecule has 3 aromatic carbocycles. The van der Waals surface area contributed by atoms with E-state index in [2.05, 4.69) is 21.2 Å². The number of carbonyl (C=O) groups is 2. The Kier molecular flexibility index (Phi) is 11.2. The monoisotopic (exact) mass is 653 g/mol. The Labute approximate surface area is 248 Å². The van der Waals surface area contributed by atoms with Gasteiger partial charge in [0.15, 0.2) is 0 Å². The van der Waals surface area contributed by atoms with E-state index >= 15 is 0 Å². The van der Waals surface area contributed by atoms with Crippen molar-refractivity contribution in [3.63, 3.8) is 0 Å². The fourth-order valence-corrected chi connectivity index (χ4v) is 6.00. The van der Waals surface area contributed by atoms with Crippen LogP contribution in [0.4, 0.5) is 5.69 Å². The highest BCUT2D eigenvalue weighted by Gasteiger charge is 2.33. The lowest BCUT2D eigenvalue weighted by Crippen LogP contribution is -2.52. The predicted molar refractivity (Wildman–Crippen MR) is 160 cm³/mol. The molecule has 0 aliphatic carbocycles. The molecule has 0 radical (unpaired) electrons. The van der Waals surface area contributed by atoms with Crippen molar-refractivity contribution in [3.05, 3.63) is 92.9 Å². The van der Waals surface area contributed by atoms with E-state index in [9.17, 15) is 18.0 Å². The fraction of sp³-hybridized carbons (Fsp3) is 0.286. The molecule has 0 saturated heterocycles. The van der Waals surface area contributed by atoms with Crippen LogP contribution in [0.25, 0.3) is 0 Å². The number of halogens is 3. The standard InChI is InChI=1S/C28H30BrCl2N3O4S/c1-3-16-32-28(36)26(4-2)33(18-20-10-15-24(30)25(31)17-20)27(35)19-34(22-13-11-21(29)12-14-22)39(37,38)23-8-6-5-7-9-23/h5-15,17,26H,3-4,16,18-19H2,1-2H3,(H,32,36)/t26-/m1/s1. The van der Waals surface area contributed by atoms with Crippen molar-refractivity contribution in [1.82, 2.24) is 10.2 Å². The van der Waals surface area contributed by atoms with E-state index in [-0.39, 0.29) is 17.3 Å². The van der Waals surface area contributed by atoms with Gasteiger partial charge in [0.25, 0.3) is 10.0 Å². The smallest absolute Gasteiger partial charge is 0.264 e. The molecule has 11 heteroatoms. The summed E-state index contributed by atoms with van der Waals surface area (Å²) in [6.07, 6.45) is 1.06. The summed E-state index contributed by atoms with van der Waals surface area (Å²) in [5, 5.41) is 3.53. The van der Waals surface area contributed by atoms with Crippen molar-refractivity contribution < 1.29 is 18.0 Å². The summed E-state index contributed by atoms with van der Waals surface area (Å²) in [6.45, 7) is 3.71. The van der Waals surface area contributed by atoms with Gasteiger partial charge in [-0.25, -0.2) is 8.42 Å². The molecule has 0 unspecified atom stereocenters. The highest BCUT2D eigenvalue weighted by Crippen LogP contribution is 2.27. The zero-order valence-electron chi connectivity index (χ0n) is 21.6. The largest absolute Gasteiger partial charge is 0.354 e. The summed E-state index contributed by atoms with van der Waals surface area (Å²) in [5.41, 5.74) is 0.967. The van der Waals surface area contributed by atoms with Crippen LogP contribution in [0.5, 0.6) is 0 Å². The molecule has 3 rings (SSSR count). The van der Waals surface area contributed by atoms with E-state index < -0.39 is 28.5 Å². The molecule has 7 nitrogen and oxygen atoms in total. The Morgan fingerprint density at radius 2 is 1.62 bits per heavy atom. The molecule has 0 bridgehead atoms. The molecule has 0 spiro atoms. The van der Waals surface area contributed by atoms with Crippen molar-refractivity contribution in [2.75, 3.05) is 17.4 Å². The van der Waals surface area contributed by atoms with Crippen LogP contribution in [0.3, 0.4) is 0 Å². The van der Waals surface area contributed by atoms with Crippen LogP contribution in [-0.4, -0.2) is 44.3 Å². The third-order valence-electron chi connectivity index (χ3n) is 6.00. The van der Waals surface area contributed by atoms with E-state index in [1.165, 1.54) is 17.0 Å². The summed E-state index contributed by atoms with van der Waals surface area (Å²) in [4.78, 5) is 28.5. The Morgan fingerprint density at radius 1 is 0.949 bits per heavy atom. The first-order valence-electron chi connectivity index (χ1n) is 12.4. The maximum atomic E-state index is 14.0. The number of benzene rings is 3. The summed E-state index contributed by atoms with van der Waals surface area (Å²) in [7, 11) is -4.12. The molecule has 2 amide bonds. The molecular formula is C28H30BrCl2N3O4S. The zero-order chi connectivity index (χ0) is 28.6. The summed E-state index contributed by atoms with van der Waals surface area (Å²) < 4.78 is 29.3. The van der Waals surface area contributed by atoms with Gasteiger partial charge in [0, 0.05) is 17.6 Å². The maximum Gasteiger partial charge on any atom is 0.264 e. The van der Waals surface area contributed by atoms with Crippen LogP contribution in [0.1, 0.15) is 32.3 Å². The summed E-state index contributed by atoms with van der Waals surface area (Å²) >= 11 is 15.7. The lowest BCUT2D eigenvalue weighted by Gasteiger charge is -2.33. The van der Waals surface area contributed by atoms with E-state index in [0.29, 0.717) is 34.3 Å². The first kappa shape index (κ1) is 30.9. The first-order chi connectivity index (χ1) is 18.6. The number of nitrogens with zero attached hydrogens (tertiary/aromatic N) is 2. The van der Waals surface area contributed by atoms with Crippen LogP contribution < -0.4 is 9.62 Å². The molecule has 0 saturated carbocycles. The summed E-state index contributed by atoms with van der Waals surface area (Å²) in [6, 6.07) is 18.7. The van der Waals surface area contributed by atoms with E-state index in [0.717, 1.165) is 15.2 Å². The molecular weight excluding hydrogens is 625 g/mol. The second kappa shape index (κ2) is 14.2. The zero-order valence-corrected chi connectivity index (χ0v) is 25.5. The predicted octanol–water partition coefficient (Wildman–Crippen LogP) is 6.28. The molecule has 39 heavy (non-hydrogen) atoms. The van der Waals surface area contributed by atoms with Crippen molar-refractivity contribution in [2.24, 2.45) is 0 Å². The van der Waals surface area contributed by atoms with Crippen molar-refractivity contribution in [1.29, 1.82) is 0 Å². The van der Waals surface area contributed by atoms with Crippen molar-refractivity contribution in [2.45, 2.75) is 44.2 Å². The van der Waals surface area contributed by atoms with Gasteiger partial charge in [-0.2, -0.15) is 0 Å². The van der Waals surface area contributed by atoms with Gasteiger partial charge in [0.05, 0.1) is 20.6 Å². The number of anilines is 1. The molecule has 208 valence electrons. The fourth-order valence-electron chi connectivity index (χ4n) is 3.98. The highest BCUT2D eigenvalue weighted by atomic mass is 79.9. The normalized spacial score (nSPS) is 12.0. The van der Waals surface area contributed by atoms with Gasteiger partial charge < -0.3 is 10.2 Å². The molecule has 3 aromatic rings. The maximum absolute atomic E-state index is 14.0. The van der Waals surface area contributed by atoms with E-state index in [4.69, 9.17) is 23.2 Å². The molecule has 0 aromatic heterocycles. The molecule has 0 aliphatic heterocycles. The minimum atomic E-state index is -4.12. The Hall–Kier alpha value is -2.59. The van der Waals surface area contributed by atoms with Gasteiger partial charge in [-0.1, -0.05) is 77.2 Å². The SMILES string of the molecule is CCCNC(=O)[C@@H](CC)N(Cc1ccc(Cl)c(Cl)c1)C(=O)CN(c1ccc(Br)cc1)S(=O)(=O)c1ccccc1. The van der Waals surface area contributed by atoms with Crippen LogP contribution in [-0.2, 0) is 26.2 Å². The quantitative estimate of drug-likeness (QED) is 0.249. The van der Waals surface area contributed by atoms with Gasteiger partial charge >= 0.3 is 0 Å². The number of sulfonamides is 1. The number of rotatable bonds is 12. The number of hydrogen-bond acceptors (Lipinski definition) is 4. The average molecular weight is 655 g/mol. The Morgan fingerprint density at radius 3 is 2.21 bits per heavy atom.